The summed E-state index contributed by atoms with van der Waals surface area (Å²) in [6.45, 7) is 0. The van der Waals surface area contributed by atoms with Crippen LogP contribution in [0, 0.1) is 11.8 Å². The summed E-state index contributed by atoms with van der Waals surface area (Å²) in [4.78, 5) is 24.2. The number of anilines is 2. The Morgan fingerprint density at radius 2 is 1.48 bits per heavy atom. The lowest BCUT2D eigenvalue weighted by molar-refractivity contribution is -0.145. The zero-order valence-corrected chi connectivity index (χ0v) is 15.9. The zero-order chi connectivity index (χ0) is 20.6. The standard InChI is InChI=1S/C20H18N2O6S/c23-19(17-15-10-11-16(28-15)18(17)20(24)25)21-12-6-8-14(9-7-12)29(26,27)22-13-4-2-1-3-5-13/h1-11,15-18,22H,(H,21,23)(H,24,25)/t15-,16-,17-,18-/m1/s1. The summed E-state index contributed by atoms with van der Waals surface area (Å²) < 4.78 is 32.9. The molecule has 150 valence electrons. The van der Waals surface area contributed by atoms with E-state index in [0.717, 1.165) is 0 Å². The summed E-state index contributed by atoms with van der Waals surface area (Å²) >= 11 is 0. The molecule has 0 aliphatic carbocycles. The molecule has 0 saturated carbocycles. The van der Waals surface area contributed by atoms with Crippen LogP contribution in [0.1, 0.15) is 0 Å². The van der Waals surface area contributed by atoms with Crippen molar-refractivity contribution in [3.8, 4) is 0 Å². The molecular weight excluding hydrogens is 396 g/mol. The molecule has 0 unspecified atom stereocenters. The molecule has 2 aromatic rings. The van der Waals surface area contributed by atoms with Crippen LogP contribution in [-0.2, 0) is 24.3 Å². The van der Waals surface area contributed by atoms with Gasteiger partial charge in [-0.05, 0) is 36.4 Å². The van der Waals surface area contributed by atoms with Gasteiger partial charge in [0.05, 0.1) is 23.0 Å². The third-order valence-corrected chi connectivity index (χ3v) is 6.34. The van der Waals surface area contributed by atoms with Gasteiger partial charge in [-0.3, -0.25) is 14.3 Å². The normalized spacial score (nSPS) is 25.0. The summed E-state index contributed by atoms with van der Waals surface area (Å²) in [6.07, 6.45) is 2.17. The number of carboxylic acids is 1. The molecule has 3 N–H and O–H groups in total. The van der Waals surface area contributed by atoms with E-state index in [1.165, 1.54) is 24.3 Å². The molecule has 2 heterocycles. The number of ether oxygens (including phenoxy) is 1. The monoisotopic (exact) mass is 414 g/mol. The average Bonchev–Trinajstić information content (AvgIpc) is 3.30. The number of para-hydroxylation sites is 1. The number of rotatable bonds is 6. The molecule has 29 heavy (non-hydrogen) atoms. The number of sulfonamides is 1. The van der Waals surface area contributed by atoms with Crippen LogP contribution in [0.15, 0.2) is 71.6 Å². The highest BCUT2D eigenvalue weighted by molar-refractivity contribution is 7.92. The predicted octanol–water partition coefficient (Wildman–Crippen LogP) is 2.08. The van der Waals surface area contributed by atoms with Crippen LogP contribution in [0.4, 0.5) is 11.4 Å². The van der Waals surface area contributed by atoms with Gasteiger partial charge in [0.15, 0.2) is 0 Å². The maximum absolute atomic E-state index is 12.6. The summed E-state index contributed by atoms with van der Waals surface area (Å²) in [7, 11) is -3.77. The number of carboxylic acid groups (broad SMARTS) is 1. The van der Waals surface area contributed by atoms with E-state index in [4.69, 9.17) is 4.74 Å². The topological polar surface area (TPSA) is 122 Å². The summed E-state index contributed by atoms with van der Waals surface area (Å²) in [5, 5.41) is 12.1. The van der Waals surface area contributed by atoms with Gasteiger partial charge in [0.25, 0.3) is 10.0 Å². The van der Waals surface area contributed by atoms with Gasteiger partial charge in [-0.15, -0.1) is 0 Å². The summed E-state index contributed by atoms with van der Waals surface area (Å²) in [5.41, 5.74) is 0.804. The molecule has 2 bridgehead atoms. The smallest absolute Gasteiger partial charge is 0.310 e. The molecule has 0 radical (unpaired) electrons. The highest BCUT2D eigenvalue weighted by atomic mass is 32.2. The Morgan fingerprint density at radius 3 is 2.10 bits per heavy atom. The Labute approximate surface area is 167 Å². The fraction of sp³-hybridized carbons (Fsp3) is 0.200. The molecule has 4 atom stereocenters. The molecule has 2 aliphatic heterocycles. The van der Waals surface area contributed by atoms with E-state index < -0.39 is 45.9 Å². The molecule has 1 fully saturated rings. The van der Waals surface area contributed by atoms with Crippen molar-refractivity contribution in [3.05, 3.63) is 66.7 Å². The predicted molar refractivity (Wildman–Crippen MR) is 105 cm³/mol. The molecule has 9 heteroatoms. The van der Waals surface area contributed by atoms with E-state index in [2.05, 4.69) is 10.0 Å². The minimum atomic E-state index is -3.77. The van der Waals surface area contributed by atoms with E-state index >= 15 is 0 Å². The van der Waals surface area contributed by atoms with Crippen LogP contribution >= 0.6 is 0 Å². The molecule has 8 nitrogen and oxygen atoms in total. The van der Waals surface area contributed by atoms with Crippen LogP contribution < -0.4 is 10.0 Å². The third kappa shape index (κ3) is 3.74. The van der Waals surface area contributed by atoms with Crippen LogP contribution in [-0.4, -0.2) is 37.6 Å². The minimum absolute atomic E-state index is 0.0361. The molecular formula is C20H18N2O6S. The Balaban J connectivity index is 1.46. The van der Waals surface area contributed by atoms with Crippen molar-refractivity contribution in [1.82, 2.24) is 0 Å². The third-order valence-electron chi connectivity index (χ3n) is 4.95. The van der Waals surface area contributed by atoms with Crippen molar-refractivity contribution >= 4 is 33.3 Å². The van der Waals surface area contributed by atoms with E-state index in [1.807, 2.05) is 0 Å². The van der Waals surface area contributed by atoms with Gasteiger partial charge >= 0.3 is 5.97 Å². The Bertz CT molecular complexity index is 1070. The first-order valence-corrected chi connectivity index (χ1v) is 10.4. The van der Waals surface area contributed by atoms with Crippen molar-refractivity contribution in [2.24, 2.45) is 11.8 Å². The van der Waals surface area contributed by atoms with Gasteiger partial charge in [0, 0.05) is 11.4 Å². The highest BCUT2D eigenvalue weighted by Crippen LogP contribution is 2.39. The molecule has 0 spiro atoms. The molecule has 1 amide bonds. The van der Waals surface area contributed by atoms with Crippen LogP contribution in [0.2, 0.25) is 0 Å². The number of hydrogen-bond acceptors (Lipinski definition) is 5. The second-order valence-corrected chi connectivity index (χ2v) is 8.51. The maximum Gasteiger partial charge on any atom is 0.310 e. The lowest BCUT2D eigenvalue weighted by Crippen LogP contribution is -2.39. The molecule has 0 aromatic heterocycles. The van der Waals surface area contributed by atoms with E-state index in [1.54, 1.807) is 42.5 Å². The fourth-order valence-electron chi connectivity index (χ4n) is 3.58. The van der Waals surface area contributed by atoms with E-state index in [0.29, 0.717) is 11.4 Å². The van der Waals surface area contributed by atoms with Crippen LogP contribution in [0.3, 0.4) is 0 Å². The van der Waals surface area contributed by atoms with Gasteiger partial charge in [0.1, 0.15) is 5.92 Å². The van der Waals surface area contributed by atoms with Crippen molar-refractivity contribution in [2.45, 2.75) is 17.1 Å². The highest BCUT2D eigenvalue weighted by Gasteiger charge is 2.53. The first-order chi connectivity index (χ1) is 13.8. The fourth-order valence-corrected chi connectivity index (χ4v) is 4.64. The summed E-state index contributed by atoms with van der Waals surface area (Å²) in [5.74, 6) is -3.35. The number of fused-ring (bicyclic) bond motifs is 2. The first-order valence-electron chi connectivity index (χ1n) is 8.90. The number of hydrogen-bond donors (Lipinski definition) is 3. The number of aliphatic carboxylic acids is 1. The lowest BCUT2D eigenvalue weighted by Gasteiger charge is -2.21. The van der Waals surface area contributed by atoms with Gasteiger partial charge in [-0.2, -0.15) is 0 Å². The van der Waals surface area contributed by atoms with E-state index in [-0.39, 0.29) is 4.90 Å². The van der Waals surface area contributed by atoms with Gasteiger partial charge < -0.3 is 15.2 Å². The first kappa shape index (κ1) is 19.2. The molecule has 2 aliphatic rings. The maximum atomic E-state index is 12.6. The van der Waals surface area contributed by atoms with Crippen LogP contribution in [0.5, 0.6) is 0 Å². The SMILES string of the molecule is O=C(O)[C@H]1[C@H](C(=O)Nc2ccc(S(=O)(=O)Nc3ccccc3)cc2)[C@H]2C=C[C@H]1O2. The second kappa shape index (κ2) is 7.34. The number of benzene rings is 2. The van der Waals surface area contributed by atoms with Crippen molar-refractivity contribution in [1.29, 1.82) is 0 Å². The Kier molecular flexibility index (Phi) is 4.85. The number of carbonyl (C=O) groups excluding carboxylic acids is 1. The van der Waals surface area contributed by atoms with Crippen molar-refractivity contribution < 1.29 is 27.9 Å². The largest absolute Gasteiger partial charge is 0.481 e. The minimum Gasteiger partial charge on any atom is -0.481 e. The molecule has 1 saturated heterocycles. The van der Waals surface area contributed by atoms with E-state index in [9.17, 15) is 23.1 Å². The molecule has 4 rings (SSSR count). The lowest BCUT2D eigenvalue weighted by atomic mass is 9.82. The van der Waals surface area contributed by atoms with Gasteiger partial charge in [0.2, 0.25) is 5.91 Å². The van der Waals surface area contributed by atoms with Crippen LogP contribution in [0.25, 0.3) is 0 Å². The van der Waals surface area contributed by atoms with Gasteiger partial charge in [-0.1, -0.05) is 30.4 Å². The second-order valence-electron chi connectivity index (χ2n) is 6.83. The number of amides is 1. The Hall–Kier alpha value is -3.17. The van der Waals surface area contributed by atoms with Crippen molar-refractivity contribution in [3.63, 3.8) is 0 Å². The summed E-state index contributed by atoms with van der Waals surface area (Å²) in [6, 6.07) is 14.1. The number of nitrogens with one attached hydrogen (secondary N) is 2. The quantitative estimate of drug-likeness (QED) is 0.622. The zero-order valence-electron chi connectivity index (χ0n) is 15.1. The number of carbonyl (C=O) groups is 2. The van der Waals surface area contributed by atoms with Gasteiger partial charge in [-0.25, -0.2) is 8.42 Å². The molecule has 2 aromatic carbocycles. The van der Waals surface area contributed by atoms with Crippen molar-refractivity contribution in [2.75, 3.05) is 10.0 Å². The average molecular weight is 414 g/mol. The Morgan fingerprint density at radius 1 is 0.862 bits per heavy atom.